The highest BCUT2D eigenvalue weighted by Crippen LogP contribution is 2.34. The third-order valence-electron chi connectivity index (χ3n) is 7.47. The molecule has 3 aromatic carbocycles. The lowest BCUT2D eigenvalue weighted by atomic mass is 9.97. The largest absolute Gasteiger partial charge is 0.461 e. The Balaban J connectivity index is 1.85. The summed E-state index contributed by atoms with van der Waals surface area (Å²) in [7, 11) is 0. The number of aliphatic hydroxyl groups is 1. The minimum atomic E-state index is -1.80. The summed E-state index contributed by atoms with van der Waals surface area (Å²) in [6.07, 6.45) is -1.55. The van der Waals surface area contributed by atoms with Gasteiger partial charge in [-0.05, 0) is 37.3 Å². The Morgan fingerprint density at radius 3 is 1.91 bits per heavy atom. The number of esters is 1. The predicted molar refractivity (Wildman–Crippen MR) is 172 cm³/mol. The highest BCUT2D eigenvalue weighted by atomic mass is 16.6. The van der Waals surface area contributed by atoms with Crippen LogP contribution in [0.1, 0.15) is 51.3 Å². The van der Waals surface area contributed by atoms with Gasteiger partial charge >= 0.3 is 12.1 Å². The van der Waals surface area contributed by atoms with Gasteiger partial charge in [-0.15, -0.1) is 0 Å². The van der Waals surface area contributed by atoms with Crippen LogP contribution < -0.4 is 0 Å². The van der Waals surface area contributed by atoms with E-state index in [0.717, 1.165) is 16.1 Å². The van der Waals surface area contributed by atoms with Crippen molar-refractivity contribution in [2.75, 3.05) is 0 Å². The maximum atomic E-state index is 14.7. The number of benzene rings is 3. The highest BCUT2D eigenvalue weighted by molar-refractivity contribution is 5.97. The quantitative estimate of drug-likeness (QED) is 0.291. The van der Waals surface area contributed by atoms with Gasteiger partial charge in [-0.3, -0.25) is 14.5 Å². The fraction of sp³-hybridized carbons (Fsp3) is 0.333. The molecule has 1 N–H and O–H groups in total. The summed E-state index contributed by atoms with van der Waals surface area (Å²) >= 11 is 0. The number of carbonyl (C=O) groups excluding carboxylic acids is 4. The molecule has 0 spiro atoms. The summed E-state index contributed by atoms with van der Waals surface area (Å²) in [6.45, 7) is 8.14. The van der Waals surface area contributed by atoms with Crippen LogP contribution in [-0.4, -0.2) is 68.2 Å². The fourth-order valence-corrected chi connectivity index (χ4v) is 5.39. The second-order valence-electron chi connectivity index (χ2n) is 11.7. The average molecular weight is 628 g/mol. The van der Waals surface area contributed by atoms with Crippen LogP contribution in [0.15, 0.2) is 97.2 Å². The molecule has 2 unspecified atom stereocenters. The zero-order valence-electron chi connectivity index (χ0n) is 26.8. The van der Waals surface area contributed by atoms with Crippen LogP contribution in [0.2, 0.25) is 0 Å². The van der Waals surface area contributed by atoms with E-state index in [2.05, 4.69) is 0 Å². The first-order valence-electron chi connectivity index (χ1n) is 15.3. The van der Waals surface area contributed by atoms with Crippen molar-refractivity contribution in [3.63, 3.8) is 0 Å². The molecule has 3 amide bonds. The van der Waals surface area contributed by atoms with E-state index in [1.165, 1.54) is 23.0 Å². The molecular formula is C36H41N3O7. The Morgan fingerprint density at radius 1 is 0.848 bits per heavy atom. The SMILES string of the molecule is CC(=O)N([C@@H](Cc1ccccc1)C(O)C(=O)OC(C)C)N1C(=O)C(C(C)C)N(C(=O)OCc2ccccc2)C=C1c1ccccc1. The van der Waals surface area contributed by atoms with Gasteiger partial charge in [-0.2, -0.15) is 0 Å². The molecule has 10 nitrogen and oxygen atoms in total. The molecule has 242 valence electrons. The van der Waals surface area contributed by atoms with Crippen LogP contribution in [0.25, 0.3) is 5.70 Å². The standard InChI is InChI=1S/C36H41N3O7/c1-24(2)32-34(42)39(38(26(5)40)30(21-27-15-9-6-10-16-27)33(41)35(43)46-25(3)4)31(29-19-13-8-14-20-29)22-37(32)36(44)45-23-28-17-11-7-12-18-28/h6-20,22,24-25,30,32-33,41H,21,23H2,1-5H3/t30-,32?,33?/m0/s1. The van der Waals surface area contributed by atoms with Gasteiger partial charge in [-0.25, -0.2) is 19.6 Å². The summed E-state index contributed by atoms with van der Waals surface area (Å²) < 4.78 is 11.0. The van der Waals surface area contributed by atoms with Gasteiger partial charge in [0.25, 0.3) is 5.91 Å². The maximum absolute atomic E-state index is 14.7. The van der Waals surface area contributed by atoms with E-state index in [4.69, 9.17) is 9.47 Å². The van der Waals surface area contributed by atoms with E-state index >= 15 is 0 Å². The topological polar surface area (TPSA) is 117 Å². The van der Waals surface area contributed by atoms with Gasteiger partial charge in [0, 0.05) is 18.7 Å². The summed E-state index contributed by atoms with van der Waals surface area (Å²) in [6, 6.07) is 24.7. The number of amides is 3. The van der Waals surface area contributed by atoms with E-state index in [1.54, 1.807) is 82.3 Å². The van der Waals surface area contributed by atoms with Crippen molar-refractivity contribution in [1.29, 1.82) is 0 Å². The van der Waals surface area contributed by atoms with Gasteiger partial charge in [0.05, 0.1) is 17.8 Å². The number of hydrogen-bond acceptors (Lipinski definition) is 7. The number of ether oxygens (including phenoxy) is 2. The van der Waals surface area contributed by atoms with Gasteiger partial charge < -0.3 is 14.6 Å². The molecule has 0 saturated carbocycles. The van der Waals surface area contributed by atoms with Crippen LogP contribution in [0, 0.1) is 5.92 Å². The average Bonchev–Trinajstić information content (AvgIpc) is 3.04. The number of aliphatic hydroxyl groups excluding tert-OH is 1. The van der Waals surface area contributed by atoms with Gasteiger partial charge in [0.15, 0.2) is 6.10 Å². The first-order valence-corrected chi connectivity index (χ1v) is 15.3. The molecule has 3 atom stereocenters. The van der Waals surface area contributed by atoms with Crippen molar-refractivity contribution in [2.45, 2.75) is 71.9 Å². The molecule has 0 bridgehead atoms. The predicted octanol–water partition coefficient (Wildman–Crippen LogP) is 5.18. The number of rotatable bonds is 11. The number of nitrogens with zero attached hydrogens (tertiary/aromatic N) is 3. The summed E-state index contributed by atoms with van der Waals surface area (Å²) in [5, 5.41) is 13.8. The molecule has 1 aliphatic rings. The second-order valence-corrected chi connectivity index (χ2v) is 11.7. The summed E-state index contributed by atoms with van der Waals surface area (Å²) in [5.74, 6) is -2.55. The summed E-state index contributed by atoms with van der Waals surface area (Å²) in [4.78, 5) is 56.3. The van der Waals surface area contributed by atoms with Gasteiger partial charge in [0.2, 0.25) is 5.91 Å². The normalized spacial score (nSPS) is 16.1. The number of carbonyl (C=O) groups is 4. The first kappa shape index (κ1) is 33.9. The lowest BCUT2D eigenvalue weighted by Crippen LogP contribution is -2.64. The van der Waals surface area contributed by atoms with Crippen molar-refractivity contribution in [2.24, 2.45) is 5.92 Å². The van der Waals surface area contributed by atoms with Crippen molar-refractivity contribution >= 4 is 29.6 Å². The molecule has 46 heavy (non-hydrogen) atoms. The molecule has 3 aromatic rings. The van der Waals surface area contributed by atoms with E-state index in [9.17, 15) is 24.3 Å². The van der Waals surface area contributed by atoms with Crippen LogP contribution in [-0.2, 0) is 36.9 Å². The Hall–Kier alpha value is -4.96. The third kappa shape index (κ3) is 8.00. The molecule has 10 heteroatoms. The summed E-state index contributed by atoms with van der Waals surface area (Å²) in [5.41, 5.74) is 2.21. The second kappa shape index (κ2) is 15.4. The number of hydrogen-bond donors (Lipinski definition) is 1. The first-order chi connectivity index (χ1) is 22.0. The van der Waals surface area contributed by atoms with Crippen LogP contribution >= 0.6 is 0 Å². The Morgan fingerprint density at radius 2 is 1.39 bits per heavy atom. The van der Waals surface area contributed by atoms with E-state index in [-0.39, 0.29) is 18.7 Å². The zero-order chi connectivity index (χ0) is 33.4. The van der Waals surface area contributed by atoms with Crippen molar-refractivity contribution < 1.29 is 33.8 Å². The van der Waals surface area contributed by atoms with Crippen molar-refractivity contribution in [1.82, 2.24) is 14.9 Å². The molecule has 0 saturated heterocycles. The smallest absolute Gasteiger partial charge is 0.414 e. The lowest BCUT2D eigenvalue weighted by Gasteiger charge is -2.47. The maximum Gasteiger partial charge on any atom is 0.414 e. The Bertz CT molecular complexity index is 1530. The molecule has 1 aliphatic heterocycles. The van der Waals surface area contributed by atoms with Crippen LogP contribution in [0.4, 0.5) is 4.79 Å². The van der Waals surface area contributed by atoms with E-state index in [1.807, 2.05) is 36.4 Å². The van der Waals surface area contributed by atoms with Crippen LogP contribution in [0.5, 0.6) is 0 Å². The molecule has 1 heterocycles. The van der Waals surface area contributed by atoms with Gasteiger partial charge in [-0.1, -0.05) is 105 Å². The molecule has 0 aliphatic carbocycles. The monoisotopic (exact) mass is 627 g/mol. The fourth-order valence-electron chi connectivity index (χ4n) is 5.39. The third-order valence-corrected chi connectivity index (χ3v) is 7.47. The van der Waals surface area contributed by atoms with Crippen molar-refractivity contribution in [3.8, 4) is 0 Å². The minimum absolute atomic E-state index is 0.00369. The molecular weight excluding hydrogens is 586 g/mol. The molecule has 0 fully saturated rings. The van der Waals surface area contributed by atoms with Gasteiger partial charge in [0.1, 0.15) is 12.6 Å². The Labute approximate surface area is 269 Å². The zero-order valence-corrected chi connectivity index (χ0v) is 26.8. The lowest BCUT2D eigenvalue weighted by molar-refractivity contribution is -0.177. The van der Waals surface area contributed by atoms with E-state index < -0.39 is 54.1 Å². The van der Waals surface area contributed by atoms with Crippen LogP contribution in [0.3, 0.4) is 0 Å². The molecule has 0 aromatic heterocycles. The highest BCUT2D eigenvalue weighted by Gasteiger charge is 2.47. The minimum Gasteiger partial charge on any atom is -0.461 e. The molecule has 0 radical (unpaired) electrons. The van der Waals surface area contributed by atoms with Crippen molar-refractivity contribution in [3.05, 3.63) is 114 Å². The number of hydrazine groups is 1. The van der Waals surface area contributed by atoms with E-state index in [0.29, 0.717) is 5.56 Å². The Kier molecular flexibility index (Phi) is 11.3. The molecule has 4 rings (SSSR count).